The van der Waals surface area contributed by atoms with Gasteiger partial charge >= 0.3 is 0 Å². The second kappa shape index (κ2) is 3.41. The van der Waals surface area contributed by atoms with Crippen LogP contribution < -0.4 is 0 Å². The van der Waals surface area contributed by atoms with Gasteiger partial charge in [-0.1, -0.05) is 23.2 Å². The molecule has 0 spiro atoms. The van der Waals surface area contributed by atoms with Crippen molar-refractivity contribution in [3.05, 3.63) is 39.5 Å². The van der Waals surface area contributed by atoms with E-state index in [1.807, 2.05) is 19.1 Å². The van der Waals surface area contributed by atoms with Gasteiger partial charge in [0.25, 0.3) is 0 Å². The maximum atomic E-state index is 6.08. The Balaban J connectivity index is 2.89. The monoisotopic (exact) mass is 225 g/mol. The van der Waals surface area contributed by atoms with Crippen LogP contribution in [0.2, 0.25) is 10.0 Å². The summed E-state index contributed by atoms with van der Waals surface area (Å²) >= 11 is 12.0. The summed E-state index contributed by atoms with van der Waals surface area (Å²) in [5.74, 6) is 0. The lowest BCUT2D eigenvalue weighted by Gasteiger charge is -2.05. The third-order valence-corrected chi connectivity index (χ3v) is 3.17. The number of aryl methyl sites for hydroxylation is 2. The number of halogens is 2. The van der Waals surface area contributed by atoms with E-state index in [9.17, 15) is 0 Å². The van der Waals surface area contributed by atoms with Gasteiger partial charge in [-0.25, -0.2) is 0 Å². The van der Waals surface area contributed by atoms with E-state index < -0.39 is 0 Å². The summed E-state index contributed by atoms with van der Waals surface area (Å²) in [5.41, 5.74) is 3.30. The van der Waals surface area contributed by atoms with Gasteiger partial charge in [-0.05, 0) is 37.1 Å². The number of aromatic nitrogens is 1. The highest BCUT2D eigenvalue weighted by Gasteiger charge is 2.06. The van der Waals surface area contributed by atoms with Gasteiger partial charge < -0.3 is 0 Å². The summed E-state index contributed by atoms with van der Waals surface area (Å²) in [4.78, 5) is 4.23. The van der Waals surface area contributed by atoms with Gasteiger partial charge in [0, 0.05) is 11.6 Å². The molecule has 3 heteroatoms. The topological polar surface area (TPSA) is 12.9 Å². The third kappa shape index (κ3) is 1.47. The van der Waals surface area contributed by atoms with Crippen LogP contribution in [0.3, 0.4) is 0 Å². The first kappa shape index (κ1) is 9.75. The van der Waals surface area contributed by atoms with E-state index in [0.717, 1.165) is 10.9 Å². The summed E-state index contributed by atoms with van der Waals surface area (Å²) in [6.07, 6.45) is 1.58. The average molecular weight is 226 g/mol. The van der Waals surface area contributed by atoms with E-state index in [1.54, 1.807) is 6.20 Å². The van der Waals surface area contributed by atoms with E-state index in [0.29, 0.717) is 10.0 Å². The Hall–Kier alpha value is -0.790. The molecule has 0 radical (unpaired) electrons. The molecule has 0 amide bonds. The van der Waals surface area contributed by atoms with Crippen LogP contribution in [0.25, 0.3) is 10.9 Å². The Morgan fingerprint density at radius 1 is 1.07 bits per heavy atom. The molecular formula is C11H9Cl2N. The van der Waals surface area contributed by atoms with Crippen molar-refractivity contribution in [3.63, 3.8) is 0 Å². The number of benzene rings is 1. The molecule has 0 atom stereocenters. The number of fused-ring (bicyclic) bond motifs is 1. The van der Waals surface area contributed by atoms with Crippen LogP contribution in [0.4, 0.5) is 0 Å². The quantitative estimate of drug-likeness (QED) is 0.657. The van der Waals surface area contributed by atoms with Crippen LogP contribution in [-0.2, 0) is 0 Å². The lowest BCUT2D eigenvalue weighted by Crippen LogP contribution is -1.86. The molecule has 1 aromatic carbocycles. The molecule has 14 heavy (non-hydrogen) atoms. The van der Waals surface area contributed by atoms with Crippen molar-refractivity contribution in [2.24, 2.45) is 0 Å². The molecule has 0 unspecified atom stereocenters. The Labute approximate surface area is 92.7 Å². The SMILES string of the molecule is Cc1cc2ncc(Cl)c(Cl)c2cc1C. The molecule has 1 nitrogen and oxygen atoms in total. The Morgan fingerprint density at radius 2 is 1.71 bits per heavy atom. The van der Waals surface area contributed by atoms with Gasteiger partial charge in [0.05, 0.1) is 15.6 Å². The van der Waals surface area contributed by atoms with E-state index in [1.165, 1.54) is 11.1 Å². The molecule has 0 N–H and O–H groups in total. The minimum Gasteiger partial charge on any atom is -0.255 e. The third-order valence-electron chi connectivity index (χ3n) is 2.38. The van der Waals surface area contributed by atoms with Crippen molar-refractivity contribution >= 4 is 34.1 Å². The zero-order chi connectivity index (χ0) is 10.3. The maximum Gasteiger partial charge on any atom is 0.0782 e. The highest BCUT2D eigenvalue weighted by Crippen LogP contribution is 2.30. The summed E-state index contributed by atoms with van der Waals surface area (Å²) in [5, 5.41) is 2.00. The zero-order valence-corrected chi connectivity index (χ0v) is 9.45. The average Bonchev–Trinajstić information content (AvgIpc) is 2.15. The molecule has 0 bridgehead atoms. The van der Waals surface area contributed by atoms with Gasteiger partial charge in [-0.3, -0.25) is 4.98 Å². The van der Waals surface area contributed by atoms with Gasteiger partial charge in [-0.2, -0.15) is 0 Å². The number of pyridine rings is 1. The van der Waals surface area contributed by atoms with Crippen LogP contribution in [0.5, 0.6) is 0 Å². The first-order valence-electron chi connectivity index (χ1n) is 4.30. The number of rotatable bonds is 0. The summed E-state index contributed by atoms with van der Waals surface area (Å²) in [6.45, 7) is 4.10. The summed E-state index contributed by atoms with van der Waals surface area (Å²) in [6, 6.07) is 4.04. The van der Waals surface area contributed by atoms with E-state index in [-0.39, 0.29) is 0 Å². The molecule has 2 rings (SSSR count). The van der Waals surface area contributed by atoms with E-state index in [2.05, 4.69) is 11.9 Å². The largest absolute Gasteiger partial charge is 0.255 e. The predicted octanol–water partition coefficient (Wildman–Crippen LogP) is 4.16. The summed E-state index contributed by atoms with van der Waals surface area (Å²) < 4.78 is 0. The van der Waals surface area contributed by atoms with E-state index >= 15 is 0 Å². The number of hydrogen-bond donors (Lipinski definition) is 0. The maximum absolute atomic E-state index is 6.08. The zero-order valence-electron chi connectivity index (χ0n) is 7.94. The van der Waals surface area contributed by atoms with Crippen molar-refractivity contribution < 1.29 is 0 Å². The second-order valence-electron chi connectivity index (χ2n) is 3.37. The fraction of sp³-hybridized carbons (Fsp3) is 0.182. The lowest BCUT2D eigenvalue weighted by molar-refractivity contribution is 1.33. The molecule has 72 valence electrons. The fourth-order valence-corrected chi connectivity index (χ4v) is 1.75. The number of nitrogens with zero attached hydrogens (tertiary/aromatic N) is 1. The molecule has 0 saturated heterocycles. The number of hydrogen-bond acceptors (Lipinski definition) is 1. The molecule has 0 aliphatic rings. The van der Waals surface area contributed by atoms with Crippen molar-refractivity contribution in [2.45, 2.75) is 13.8 Å². The van der Waals surface area contributed by atoms with Gasteiger partial charge in [0.15, 0.2) is 0 Å². The van der Waals surface area contributed by atoms with Crippen molar-refractivity contribution in [3.8, 4) is 0 Å². The molecule has 0 fully saturated rings. The van der Waals surface area contributed by atoms with E-state index in [4.69, 9.17) is 23.2 Å². The molecule has 2 aromatic rings. The minimum atomic E-state index is 0.502. The van der Waals surface area contributed by atoms with Crippen LogP contribution in [0.15, 0.2) is 18.3 Å². The highest BCUT2D eigenvalue weighted by atomic mass is 35.5. The molecule has 1 heterocycles. The normalized spacial score (nSPS) is 10.9. The second-order valence-corrected chi connectivity index (χ2v) is 4.16. The predicted molar refractivity (Wildman–Crippen MR) is 61.2 cm³/mol. The Bertz CT molecular complexity index is 506. The van der Waals surface area contributed by atoms with Gasteiger partial charge in [0.2, 0.25) is 0 Å². The molecule has 0 aliphatic carbocycles. The van der Waals surface area contributed by atoms with Crippen LogP contribution in [0.1, 0.15) is 11.1 Å². The fourth-order valence-electron chi connectivity index (χ4n) is 1.40. The molecule has 1 aromatic heterocycles. The van der Waals surface area contributed by atoms with Crippen LogP contribution in [-0.4, -0.2) is 4.98 Å². The first-order valence-corrected chi connectivity index (χ1v) is 5.06. The minimum absolute atomic E-state index is 0.502. The lowest BCUT2D eigenvalue weighted by atomic mass is 10.1. The van der Waals surface area contributed by atoms with Gasteiger partial charge in [0.1, 0.15) is 0 Å². The van der Waals surface area contributed by atoms with Crippen molar-refractivity contribution in [1.29, 1.82) is 0 Å². The van der Waals surface area contributed by atoms with Crippen LogP contribution >= 0.6 is 23.2 Å². The Morgan fingerprint density at radius 3 is 2.43 bits per heavy atom. The van der Waals surface area contributed by atoms with Crippen LogP contribution in [0, 0.1) is 13.8 Å². The molecule has 0 aliphatic heterocycles. The smallest absolute Gasteiger partial charge is 0.0782 e. The standard InChI is InChI=1S/C11H9Cl2N/c1-6-3-8-10(4-7(6)2)14-5-9(12)11(8)13/h3-5H,1-2H3. The molecular weight excluding hydrogens is 217 g/mol. The Kier molecular flexibility index (Phi) is 2.38. The summed E-state index contributed by atoms with van der Waals surface area (Å²) in [7, 11) is 0. The van der Waals surface area contributed by atoms with Gasteiger partial charge in [-0.15, -0.1) is 0 Å². The molecule has 0 saturated carbocycles. The first-order chi connectivity index (χ1) is 6.59. The van der Waals surface area contributed by atoms with Crippen molar-refractivity contribution in [1.82, 2.24) is 4.98 Å². The highest BCUT2D eigenvalue weighted by molar-refractivity contribution is 6.45. The van der Waals surface area contributed by atoms with Crippen molar-refractivity contribution in [2.75, 3.05) is 0 Å².